The van der Waals surface area contributed by atoms with Crippen LogP contribution >= 0.6 is 0 Å². The summed E-state index contributed by atoms with van der Waals surface area (Å²) in [5.41, 5.74) is 1.21. The summed E-state index contributed by atoms with van der Waals surface area (Å²) < 4.78 is 12.2. The first kappa shape index (κ1) is 14.4. The molecular formula is C14H23NOS. The van der Waals surface area contributed by atoms with Crippen molar-refractivity contribution in [2.24, 2.45) is 5.92 Å². The summed E-state index contributed by atoms with van der Waals surface area (Å²) in [6, 6.07) is 10.4. The molecule has 1 aromatic rings. The summed E-state index contributed by atoms with van der Waals surface area (Å²) in [7, 11) is 1.14. The van der Waals surface area contributed by atoms with Crippen LogP contribution in [-0.2, 0) is 10.8 Å². The topological polar surface area (TPSA) is 29.1 Å². The fraction of sp³-hybridized carbons (Fsp3) is 0.571. The van der Waals surface area contributed by atoms with Crippen molar-refractivity contribution in [2.45, 2.75) is 32.1 Å². The van der Waals surface area contributed by atoms with Crippen LogP contribution in [0.5, 0.6) is 0 Å². The van der Waals surface area contributed by atoms with Crippen LogP contribution < -0.4 is 5.32 Å². The summed E-state index contributed by atoms with van der Waals surface area (Å²) in [6.45, 7) is 6.32. The monoisotopic (exact) mass is 253 g/mol. The Labute approximate surface area is 107 Å². The van der Waals surface area contributed by atoms with Gasteiger partial charge in [-0.3, -0.25) is 4.21 Å². The number of hydrogen-bond donors (Lipinski definition) is 1. The molecule has 0 saturated carbocycles. The molecule has 1 N–H and O–H groups in total. The van der Waals surface area contributed by atoms with E-state index in [2.05, 4.69) is 38.2 Å². The van der Waals surface area contributed by atoms with Gasteiger partial charge in [0.25, 0.3) is 0 Å². The van der Waals surface area contributed by atoms with Gasteiger partial charge in [0.15, 0.2) is 0 Å². The van der Waals surface area contributed by atoms with Gasteiger partial charge < -0.3 is 5.32 Å². The molecule has 96 valence electrons. The normalized spacial score (nSPS) is 16.8. The van der Waals surface area contributed by atoms with Crippen LogP contribution in [0.2, 0.25) is 0 Å². The molecule has 17 heavy (non-hydrogen) atoms. The second kappa shape index (κ2) is 6.92. The maximum atomic E-state index is 12.2. The quantitative estimate of drug-likeness (QED) is 0.844. The lowest BCUT2D eigenvalue weighted by atomic mass is 10.1. The van der Waals surface area contributed by atoms with Crippen LogP contribution in [0, 0.1) is 5.92 Å². The summed E-state index contributed by atoms with van der Waals surface area (Å²) in [4.78, 5) is 0. The first-order valence-electron chi connectivity index (χ1n) is 6.15. The minimum Gasteiger partial charge on any atom is -0.312 e. The fourth-order valence-electron chi connectivity index (χ4n) is 1.65. The van der Waals surface area contributed by atoms with E-state index in [-0.39, 0.29) is 11.3 Å². The van der Waals surface area contributed by atoms with Crippen LogP contribution in [0.4, 0.5) is 0 Å². The van der Waals surface area contributed by atoms with Gasteiger partial charge in [-0.05, 0) is 18.5 Å². The highest BCUT2D eigenvalue weighted by atomic mass is 32.2. The second-order valence-corrected chi connectivity index (χ2v) is 6.59. The Kier molecular flexibility index (Phi) is 5.86. The smallest absolute Gasteiger partial charge is 0.0434 e. The van der Waals surface area contributed by atoms with Crippen molar-refractivity contribution in [1.82, 2.24) is 5.32 Å². The molecule has 1 aromatic carbocycles. The van der Waals surface area contributed by atoms with E-state index >= 15 is 0 Å². The first-order valence-corrected chi connectivity index (χ1v) is 7.53. The zero-order valence-electron chi connectivity index (χ0n) is 11.1. The molecule has 0 spiro atoms. The van der Waals surface area contributed by atoms with E-state index in [4.69, 9.17) is 0 Å². The molecule has 0 amide bonds. The Morgan fingerprint density at radius 2 is 1.76 bits per heavy atom. The molecular weight excluding hydrogens is 230 g/mol. The van der Waals surface area contributed by atoms with Gasteiger partial charge >= 0.3 is 0 Å². The predicted octanol–water partition coefficient (Wildman–Crippen LogP) is 2.74. The third-order valence-electron chi connectivity index (χ3n) is 3.23. The largest absolute Gasteiger partial charge is 0.312 e. The zero-order valence-corrected chi connectivity index (χ0v) is 12.0. The maximum Gasteiger partial charge on any atom is 0.0434 e. The van der Waals surface area contributed by atoms with Gasteiger partial charge in [0.1, 0.15) is 0 Å². The molecule has 3 atom stereocenters. The Morgan fingerprint density at radius 3 is 2.24 bits per heavy atom. The van der Waals surface area contributed by atoms with Gasteiger partial charge in [0, 0.05) is 27.8 Å². The molecule has 0 heterocycles. The van der Waals surface area contributed by atoms with Gasteiger partial charge in [0.05, 0.1) is 0 Å². The van der Waals surface area contributed by atoms with E-state index in [0.717, 1.165) is 0 Å². The van der Waals surface area contributed by atoms with Crippen molar-refractivity contribution in [3.8, 4) is 0 Å². The molecule has 0 bridgehead atoms. The predicted molar refractivity (Wildman–Crippen MR) is 75.6 cm³/mol. The van der Waals surface area contributed by atoms with E-state index in [0.29, 0.717) is 11.7 Å². The molecule has 0 aliphatic rings. The standard InChI is InChI=1S/C14H23NOS/c1-11(2)12(3)17(16)10-14(15-4)13-8-6-5-7-9-13/h5-9,11-12,14-15H,10H2,1-4H3. The molecule has 1 rings (SSSR count). The van der Waals surface area contributed by atoms with Gasteiger partial charge in [0.2, 0.25) is 0 Å². The van der Waals surface area contributed by atoms with Crippen molar-refractivity contribution in [2.75, 3.05) is 12.8 Å². The third-order valence-corrected chi connectivity index (χ3v) is 5.27. The van der Waals surface area contributed by atoms with Gasteiger partial charge in [-0.15, -0.1) is 0 Å². The molecule has 0 saturated heterocycles. The highest BCUT2D eigenvalue weighted by molar-refractivity contribution is 7.85. The molecule has 2 nitrogen and oxygen atoms in total. The van der Waals surface area contributed by atoms with E-state index in [9.17, 15) is 4.21 Å². The maximum absolute atomic E-state index is 12.2. The summed E-state index contributed by atoms with van der Waals surface area (Å²) in [5.74, 6) is 1.14. The molecule has 3 heteroatoms. The first-order chi connectivity index (χ1) is 8.06. The van der Waals surface area contributed by atoms with Crippen molar-refractivity contribution in [3.05, 3.63) is 35.9 Å². The van der Waals surface area contributed by atoms with Gasteiger partial charge in [-0.2, -0.15) is 0 Å². The van der Waals surface area contributed by atoms with Crippen LogP contribution in [0.3, 0.4) is 0 Å². The van der Waals surface area contributed by atoms with Gasteiger partial charge in [-0.1, -0.05) is 51.1 Å². The minimum atomic E-state index is -0.788. The van der Waals surface area contributed by atoms with E-state index < -0.39 is 10.8 Å². The molecule has 3 unspecified atom stereocenters. The van der Waals surface area contributed by atoms with Crippen LogP contribution in [-0.4, -0.2) is 22.3 Å². The van der Waals surface area contributed by atoms with Crippen molar-refractivity contribution < 1.29 is 4.21 Å². The van der Waals surface area contributed by atoms with Crippen molar-refractivity contribution >= 4 is 10.8 Å². The van der Waals surface area contributed by atoms with E-state index in [1.807, 2.05) is 25.2 Å². The lowest BCUT2D eigenvalue weighted by Gasteiger charge is -2.21. The van der Waals surface area contributed by atoms with Crippen molar-refractivity contribution in [3.63, 3.8) is 0 Å². The number of benzene rings is 1. The van der Waals surface area contributed by atoms with Crippen LogP contribution in [0.25, 0.3) is 0 Å². The molecule has 0 aliphatic carbocycles. The van der Waals surface area contributed by atoms with Crippen LogP contribution in [0.15, 0.2) is 30.3 Å². The zero-order chi connectivity index (χ0) is 12.8. The SMILES string of the molecule is CNC(CS(=O)C(C)C(C)C)c1ccccc1. The van der Waals surface area contributed by atoms with E-state index in [1.165, 1.54) is 5.56 Å². The Morgan fingerprint density at radius 1 is 1.18 bits per heavy atom. The number of rotatable bonds is 6. The Bertz CT molecular complexity index is 350. The summed E-state index contributed by atoms with van der Waals surface area (Å²) >= 11 is 0. The Balaban J connectivity index is 2.68. The molecule has 0 aliphatic heterocycles. The third kappa shape index (κ3) is 4.25. The summed E-state index contributed by atoms with van der Waals surface area (Å²) in [5, 5.41) is 3.49. The number of nitrogens with one attached hydrogen (secondary N) is 1. The fourth-order valence-corrected chi connectivity index (χ4v) is 3.25. The highest BCUT2D eigenvalue weighted by Crippen LogP contribution is 2.17. The molecule has 0 fully saturated rings. The molecule has 0 radical (unpaired) electrons. The lowest BCUT2D eigenvalue weighted by Crippen LogP contribution is -2.28. The highest BCUT2D eigenvalue weighted by Gasteiger charge is 2.19. The average Bonchev–Trinajstić information content (AvgIpc) is 2.35. The minimum absolute atomic E-state index is 0.179. The van der Waals surface area contributed by atoms with Crippen LogP contribution in [0.1, 0.15) is 32.4 Å². The lowest BCUT2D eigenvalue weighted by molar-refractivity contribution is 0.590. The summed E-state index contributed by atoms with van der Waals surface area (Å²) in [6.07, 6.45) is 0. The van der Waals surface area contributed by atoms with Gasteiger partial charge in [-0.25, -0.2) is 0 Å². The number of hydrogen-bond acceptors (Lipinski definition) is 2. The molecule has 0 aromatic heterocycles. The Hall–Kier alpha value is -0.670. The van der Waals surface area contributed by atoms with E-state index in [1.54, 1.807) is 0 Å². The average molecular weight is 253 g/mol. The second-order valence-electron chi connectivity index (χ2n) is 4.75. The van der Waals surface area contributed by atoms with Crippen molar-refractivity contribution in [1.29, 1.82) is 0 Å².